The minimum absolute atomic E-state index is 0.0480. The van der Waals surface area contributed by atoms with Crippen molar-refractivity contribution in [3.63, 3.8) is 0 Å². The summed E-state index contributed by atoms with van der Waals surface area (Å²) >= 11 is 0. The monoisotopic (exact) mass is 534 g/mol. The van der Waals surface area contributed by atoms with Crippen LogP contribution in [0.15, 0.2) is 18.5 Å². The number of H-pyrrole nitrogens is 1. The molecule has 4 aliphatic carbocycles. The number of nitriles is 1. The molecular formula is C23H22F4N8O3. The Hall–Kier alpha value is -3.93. The molecule has 3 N–H and O–H groups in total. The molecule has 0 unspecified atom stereocenters. The number of halogens is 4. The Morgan fingerprint density at radius 3 is 2.79 bits per heavy atom. The first-order valence-corrected chi connectivity index (χ1v) is 12.0. The molecule has 0 aromatic carbocycles. The number of hydrogen-bond donors (Lipinski definition) is 3. The fourth-order valence-electron chi connectivity index (χ4n) is 5.52. The number of amides is 1. The van der Waals surface area contributed by atoms with Gasteiger partial charge in [0.25, 0.3) is 0 Å². The Morgan fingerprint density at radius 1 is 1.32 bits per heavy atom. The lowest BCUT2D eigenvalue weighted by atomic mass is 9.50. The second kappa shape index (κ2) is 8.83. The van der Waals surface area contributed by atoms with Crippen LogP contribution in [0.25, 0.3) is 5.65 Å². The van der Waals surface area contributed by atoms with E-state index in [0.717, 1.165) is 19.3 Å². The Labute approximate surface area is 212 Å². The minimum Gasteiger partial charge on any atom is -0.443 e. The van der Waals surface area contributed by atoms with Gasteiger partial charge >= 0.3 is 12.5 Å². The van der Waals surface area contributed by atoms with Gasteiger partial charge in [0.1, 0.15) is 23.9 Å². The van der Waals surface area contributed by atoms with Gasteiger partial charge in [-0.05, 0) is 38.0 Å². The number of hydrogen-bond acceptors (Lipinski definition) is 8. The summed E-state index contributed by atoms with van der Waals surface area (Å²) in [6, 6.07) is 3.47. The molecule has 11 nitrogen and oxygen atoms in total. The molecular weight excluding hydrogens is 512 g/mol. The van der Waals surface area contributed by atoms with E-state index in [-0.39, 0.29) is 34.2 Å². The van der Waals surface area contributed by atoms with E-state index in [1.165, 1.54) is 16.8 Å². The highest BCUT2D eigenvalue weighted by molar-refractivity contribution is 5.69. The van der Waals surface area contributed by atoms with E-state index in [2.05, 4.69) is 35.5 Å². The summed E-state index contributed by atoms with van der Waals surface area (Å²) in [4.78, 5) is 20.4. The normalized spacial score (nSPS) is 27.9. The van der Waals surface area contributed by atoms with E-state index in [1.807, 2.05) is 6.07 Å². The molecule has 15 heteroatoms. The van der Waals surface area contributed by atoms with Crippen LogP contribution in [0.4, 0.5) is 34.1 Å². The lowest BCUT2D eigenvalue weighted by Crippen LogP contribution is -2.68. The molecule has 3 aromatic heterocycles. The number of rotatable bonds is 7. The third-order valence-electron chi connectivity index (χ3n) is 7.45. The number of carbonyl (C=O) groups is 1. The summed E-state index contributed by atoms with van der Waals surface area (Å²) in [7, 11) is 0. The minimum atomic E-state index is -4.84. The molecule has 4 aliphatic rings. The number of fused-ring (bicyclic) bond motifs is 1. The number of aromatic amines is 1. The Kier molecular flexibility index (Phi) is 5.67. The van der Waals surface area contributed by atoms with Crippen molar-refractivity contribution in [3.05, 3.63) is 35.4 Å². The molecule has 3 atom stereocenters. The highest BCUT2D eigenvalue weighted by atomic mass is 19.4. The van der Waals surface area contributed by atoms with Crippen LogP contribution in [-0.4, -0.2) is 54.8 Å². The number of carbonyl (C=O) groups excluding carboxylic acids is 1. The first-order valence-electron chi connectivity index (χ1n) is 12.0. The highest BCUT2D eigenvalue weighted by Crippen LogP contribution is 2.57. The highest BCUT2D eigenvalue weighted by Gasteiger charge is 2.58. The van der Waals surface area contributed by atoms with Gasteiger partial charge in [0, 0.05) is 29.4 Å². The lowest BCUT2D eigenvalue weighted by molar-refractivity contribution is -0.330. The summed E-state index contributed by atoms with van der Waals surface area (Å²) in [5.74, 6) is 0.507. The molecule has 3 aromatic rings. The first-order chi connectivity index (χ1) is 18.1. The Morgan fingerprint density at radius 2 is 2.11 bits per heavy atom. The fraction of sp³-hybridized carbons (Fsp3) is 0.522. The van der Waals surface area contributed by atoms with Crippen molar-refractivity contribution in [1.29, 1.82) is 5.26 Å². The SMILES string of the molecule is N#Cc1cnc(Nc2cc([C@H]3CC[C@@H](OC(=O)NC45CC(C4)C5)[C@@H]3F)[nH]n2)n2cc(COC(F)(F)F)nc12. The van der Waals surface area contributed by atoms with Crippen molar-refractivity contribution in [2.24, 2.45) is 5.92 Å². The number of ether oxygens (including phenoxy) is 2. The topological polar surface area (TPSA) is 142 Å². The molecule has 7 rings (SSSR count). The van der Waals surface area contributed by atoms with Crippen LogP contribution in [0.3, 0.4) is 0 Å². The van der Waals surface area contributed by atoms with Crippen LogP contribution in [-0.2, 0) is 16.1 Å². The predicted octanol–water partition coefficient (Wildman–Crippen LogP) is 3.97. The molecule has 4 saturated carbocycles. The van der Waals surface area contributed by atoms with Gasteiger partial charge in [-0.3, -0.25) is 14.2 Å². The second-order valence-electron chi connectivity index (χ2n) is 10.1. The van der Waals surface area contributed by atoms with Gasteiger partial charge < -0.3 is 15.4 Å². The zero-order valence-corrected chi connectivity index (χ0v) is 19.8. The molecule has 0 saturated heterocycles. The van der Waals surface area contributed by atoms with Crippen molar-refractivity contribution < 1.29 is 31.8 Å². The third-order valence-corrected chi connectivity index (χ3v) is 7.45. The summed E-state index contributed by atoms with van der Waals surface area (Å²) in [5, 5.41) is 22.0. The maximum absolute atomic E-state index is 15.2. The van der Waals surface area contributed by atoms with E-state index in [9.17, 15) is 23.2 Å². The van der Waals surface area contributed by atoms with E-state index in [4.69, 9.17) is 4.74 Å². The number of anilines is 2. The van der Waals surface area contributed by atoms with E-state index < -0.39 is 37.3 Å². The van der Waals surface area contributed by atoms with Crippen molar-refractivity contribution >= 4 is 23.5 Å². The predicted molar refractivity (Wildman–Crippen MR) is 121 cm³/mol. The average molecular weight is 534 g/mol. The number of nitrogens with zero attached hydrogens (tertiary/aromatic N) is 5. The maximum atomic E-state index is 15.2. The molecule has 3 heterocycles. The standard InChI is InChI=1S/C23H22F4N8O3/c24-18-14(1-2-16(18)38-21(36)32-22-4-11(5-22)6-22)15-3-17(34-33-15)31-20-29-8-12(7-28)19-30-13(9-35(19)20)10-37-23(25,26)27/h3,8-9,11,14,16,18H,1-2,4-6,10H2,(H,32,36)(H2,29,31,33,34)/t11?,14-,16-,18-,22?/m1/s1. The largest absolute Gasteiger partial charge is 0.522 e. The summed E-state index contributed by atoms with van der Waals surface area (Å²) in [5.41, 5.74) is 0.403. The zero-order chi connectivity index (χ0) is 26.7. The lowest BCUT2D eigenvalue weighted by Gasteiger charge is -2.61. The van der Waals surface area contributed by atoms with Crippen molar-refractivity contribution in [2.45, 2.75) is 68.8 Å². The van der Waals surface area contributed by atoms with Crippen molar-refractivity contribution in [3.8, 4) is 6.07 Å². The molecule has 0 spiro atoms. The molecule has 38 heavy (non-hydrogen) atoms. The van der Waals surface area contributed by atoms with Gasteiger partial charge in [0.15, 0.2) is 11.5 Å². The van der Waals surface area contributed by atoms with Gasteiger partial charge in [-0.2, -0.15) is 10.4 Å². The Balaban J connectivity index is 1.13. The maximum Gasteiger partial charge on any atom is 0.522 e. The van der Waals surface area contributed by atoms with Crippen LogP contribution in [0.5, 0.6) is 0 Å². The van der Waals surface area contributed by atoms with Crippen LogP contribution in [0.1, 0.15) is 55.0 Å². The number of alkyl carbamates (subject to hydrolysis) is 1. The first kappa shape index (κ1) is 24.4. The molecule has 2 bridgehead atoms. The van der Waals surface area contributed by atoms with Crippen LogP contribution < -0.4 is 10.6 Å². The molecule has 1 amide bonds. The summed E-state index contributed by atoms with van der Waals surface area (Å²) < 4.78 is 63.0. The van der Waals surface area contributed by atoms with Crippen LogP contribution in [0, 0.1) is 17.2 Å². The van der Waals surface area contributed by atoms with Gasteiger partial charge in [0.2, 0.25) is 5.95 Å². The second-order valence-corrected chi connectivity index (χ2v) is 10.1. The molecule has 4 fully saturated rings. The molecule has 200 valence electrons. The van der Waals surface area contributed by atoms with E-state index in [0.29, 0.717) is 24.5 Å². The number of imidazole rings is 1. The number of nitrogens with one attached hydrogen (secondary N) is 3. The van der Waals surface area contributed by atoms with Gasteiger partial charge in [-0.25, -0.2) is 19.2 Å². The average Bonchev–Trinajstić information content (AvgIpc) is 3.53. The van der Waals surface area contributed by atoms with Crippen molar-refractivity contribution in [1.82, 2.24) is 29.9 Å². The smallest absolute Gasteiger partial charge is 0.443 e. The van der Waals surface area contributed by atoms with Crippen molar-refractivity contribution in [2.75, 3.05) is 5.32 Å². The Bertz CT molecular complexity index is 1410. The van der Waals surface area contributed by atoms with Crippen LogP contribution in [0.2, 0.25) is 0 Å². The summed E-state index contributed by atoms with van der Waals surface area (Å²) in [6.45, 7) is -0.843. The van der Waals surface area contributed by atoms with E-state index >= 15 is 4.39 Å². The van der Waals surface area contributed by atoms with Gasteiger partial charge in [-0.15, -0.1) is 13.2 Å². The fourth-order valence-corrected chi connectivity index (χ4v) is 5.52. The van der Waals surface area contributed by atoms with E-state index in [1.54, 1.807) is 6.07 Å². The van der Waals surface area contributed by atoms with Gasteiger partial charge in [0.05, 0.1) is 18.5 Å². The number of alkyl halides is 4. The van der Waals surface area contributed by atoms with Crippen LogP contribution >= 0.6 is 0 Å². The summed E-state index contributed by atoms with van der Waals surface area (Å²) in [6.07, 6.45) is -1.54. The quantitative estimate of drug-likeness (QED) is 0.387. The number of aromatic nitrogens is 5. The molecule has 0 aliphatic heterocycles. The molecule has 0 radical (unpaired) electrons. The van der Waals surface area contributed by atoms with Gasteiger partial charge in [-0.1, -0.05) is 0 Å². The zero-order valence-electron chi connectivity index (χ0n) is 19.8. The third kappa shape index (κ3) is 4.49.